The number of carbonyl (C=O) groups excluding carboxylic acids is 1. The van der Waals surface area contributed by atoms with Crippen LogP contribution in [0.1, 0.15) is 35.2 Å². The number of hydrogen-bond acceptors (Lipinski definition) is 8. The Morgan fingerprint density at radius 2 is 1.94 bits per heavy atom. The highest BCUT2D eigenvalue weighted by molar-refractivity contribution is 7.89. The first-order valence-electron chi connectivity index (χ1n) is 10.6. The molecule has 3 heterocycles. The lowest BCUT2D eigenvalue weighted by molar-refractivity contribution is 0.0949. The van der Waals surface area contributed by atoms with Gasteiger partial charge in [-0.3, -0.25) is 9.36 Å². The van der Waals surface area contributed by atoms with Crippen molar-refractivity contribution in [2.75, 3.05) is 6.54 Å². The number of imidazole rings is 1. The lowest BCUT2D eigenvalue weighted by Crippen LogP contribution is -2.26. The van der Waals surface area contributed by atoms with Crippen molar-refractivity contribution in [3.8, 4) is 17.3 Å². The van der Waals surface area contributed by atoms with Gasteiger partial charge in [0.2, 0.25) is 10.0 Å². The zero-order valence-corrected chi connectivity index (χ0v) is 19.2. The molecule has 0 radical (unpaired) electrons. The minimum atomic E-state index is -3.73. The van der Waals surface area contributed by atoms with Crippen LogP contribution in [0.5, 0.6) is 0 Å². The monoisotopic (exact) mass is 481 g/mol. The summed E-state index contributed by atoms with van der Waals surface area (Å²) in [6, 6.07) is 9.74. The smallest absolute Gasteiger partial charge is 0.271 e. The molecular formula is C22H23N7O4S. The third-order valence-electron chi connectivity index (χ3n) is 4.97. The lowest BCUT2D eigenvalue weighted by Gasteiger charge is -2.05. The summed E-state index contributed by atoms with van der Waals surface area (Å²) in [4.78, 5) is 25.4. The van der Waals surface area contributed by atoms with E-state index < -0.39 is 10.0 Å². The van der Waals surface area contributed by atoms with Gasteiger partial charge in [0.25, 0.3) is 11.8 Å². The van der Waals surface area contributed by atoms with Gasteiger partial charge in [-0.1, -0.05) is 24.2 Å². The summed E-state index contributed by atoms with van der Waals surface area (Å²) >= 11 is 0. The Bertz CT molecular complexity index is 1390. The average Bonchev–Trinajstić information content (AvgIpc) is 3.50. The molecule has 4 rings (SSSR count). The molecule has 4 aromatic rings. The Morgan fingerprint density at radius 1 is 1.15 bits per heavy atom. The van der Waals surface area contributed by atoms with E-state index in [1.54, 1.807) is 41.2 Å². The molecule has 0 unspecified atom stereocenters. The van der Waals surface area contributed by atoms with Crippen molar-refractivity contribution in [2.24, 2.45) is 5.14 Å². The summed E-state index contributed by atoms with van der Waals surface area (Å²) in [5.41, 5.74) is 1.81. The predicted molar refractivity (Wildman–Crippen MR) is 122 cm³/mol. The van der Waals surface area contributed by atoms with Crippen LogP contribution >= 0.6 is 0 Å². The lowest BCUT2D eigenvalue weighted by atomic mass is 10.1. The standard InChI is InChI=1S/C22H23N7O4S/c1-2-3-19-27-22(33-28-19)16-9-11-24-20(12-16)29-13-18(26-14-29)21(30)25-10-8-15-4-6-17(7-5-15)34(23,31)32/h4-7,9,11-14H,2-3,8,10H2,1H3,(H,25,30)(H2,23,31,32). The molecule has 11 nitrogen and oxygen atoms in total. The molecular weight excluding hydrogens is 458 g/mol. The minimum Gasteiger partial charge on any atom is -0.350 e. The molecule has 3 N–H and O–H groups in total. The topological polar surface area (TPSA) is 159 Å². The van der Waals surface area contributed by atoms with Crippen LogP contribution in [-0.4, -0.2) is 45.5 Å². The van der Waals surface area contributed by atoms with Crippen LogP contribution in [0.2, 0.25) is 0 Å². The third kappa shape index (κ3) is 5.53. The molecule has 34 heavy (non-hydrogen) atoms. The summed E-state index contributed by atoms with van der Waals surface area (Å²) in [6.45, 7) is 2.40. The van der Waals surface area contributed by atoms with E-state index in [1.165, 1.54) is 18.5 Å². The molecule has 0 atom stereocenters. The van der Waals surface area contributed by atoms with Crippen molar-refractivity contribution in [3.05, 3.63) is 72.2 Å². The molecule has 0 saturated heterocycles. The van der Waals surface area contributed by atoms with E-state index in [-0.39, 0.29) is 16.5 Å². The average molecular weight is 482 g/mol. The van der Waals surface area contributed by atoms with Crippen LogP contribution in [-0.2, 0) is 22.9 Å². The fourth-order valence-electron chi connectivity index (χ4n) is 3.21. The number of hydrogen-bond donors (Lipinski definition) is 2. The van der Waals surface area contributed by atoms with Crippen LogP contribution in [0.3, 0.4) is 0 Å². The number of nitrogens with zero attached hydrogens (tertiary/aromatic N) is 5. The Balaban J connectivity index is 1.37. The largest absolute Gasteiger partial charge is 0.350 e. The molecule has 12 heteroatoms. The van der Waals surface area contributed by atoms with Gasteiger partial charge in [-0.25, -0.2) is 23.5 Å². The van der Waals surface area contributed by atoms with Gasteiger partial charge in [0, 0.05) is 30.9 Å². The van der Waals surface area contributed by atoms with Crippen molar-refractivity contribution in [3.63, 3.8) is 0 Å². The molecule has 3 aromatic heterocycles. The van der Waals surface area contributed by atoms with Gasteiger partial charge >= 0.3 is 0 Å². The zero-order chi connectivity index (χ0) is 24.1. The fraction of sp³-hybridized carbons (Fsp3) is 0.227. The van der Waals surface area contributed by atoms with Gasteiger partial charge < -0.3 is 9.84 Å². The van der Waals surface area contributed by atoms with Crippen LogP contribution in [0.4, 0.5) is 0 Å². The first kappa shape index (κ1) is 23.3. The summed E-state index contributed by atoms with van der Waals surface area (Å²) < 4.78 is 29.6. The number of nitrogens with one attached hydrogen (secondary N) is 1. The van der Waals surface area contributed by atoms with Crippen molar-refractivity contribution < 1.29 is 17.7 Å². The molecule has 0 saturated carbocycles. The number of benzene rings is 1. The summed E-state index contributed by atoms with van der Waals surface area (Å²) in [5.74, 6) is 1.27. The van der Waals surface area contributed by atoms with Crippen molar-refractivity contribution in [1.82, 2.24) is 30.0 Å². The highest BCUT2D eigenvalue weighted by Gasteiger charge is 2.13. The maximum atomic E-state index is 12.5. The highest BCUT2D eigenvalue weighted by atomic mass is 32.2. The number of nitrogens with two attached hydrogens (primary N) is 1. The third-order valence-corrected chi connectivity index (χ3v) is 5.89. The number of primary sulfonamides is 1. The summed E-state index contributed by atoms with van der Waals surface area (Å²) in [6.07, 6.45) is 6.89. The van der Waals surface area contributed by atoms with E-state index in [0.29, 0.717) is 36.1 Å². The quantitative estimate of drug-likeness (QED) is 0.367. The molecule has 176 valence electrons. The number of aromatic nitrogens is 5. The van der Waals surface area contributed by atoms with Crippen LogP contribution < -0.4 is 10.5 Å². The van der Waals surface area contributed by atoms with Crippen molar-refractivity contribution >= 4 is 15.9 Å². The van der Waals surface area contributed by atoms with Gasteiger partial charge in [-0.05, 0) is 42.7 Å². The van der Waals surface area contributed by atoms with Gasteiger partial charge in [-0.2, -0.15) is 4.98 Å². The predicted octanol–water partition coefficient (Wildman–Crippen LogP) is 1.89. The number of rotatable bonds is 9. The van der Waals surface area contributed by atoms with Crippen molar-refractivity contribution in [2.45, 2.75) is 31.1 Å². The zero-order valence-electron chi connectivity index (χ0n) is 18.4. The van der Waals surface area contributed by atoms with Crippen LogP contribution in [0.15, 0.2) is 64.5 Å². The summed E-state index contributed by atoms with van der Waals surface area (Å²) in [7, 11) is -3.73. The van der Waals surface area contributed by atoms with E-state index in [9.17, 15) is 13.2 Å². The molecule has 0 spiro atoms. The van der Waals surface area contributed by atoms with Gasteiger partial charge in [0.1, 0.15) is 17.8 Å². The molecule has 0 aliphatic heterocycles. The second kappa shape index (κ2) is 9.93. The Labute approximate surface area is 196 Å². The van der Waals surface area contributed by atoms with E-state index in [0.717, 1.165) is 18.4 Å². The molecule has 0 aliphatic rings. The first-order chi connectivity index (χ1) is 16.3. The second-order valence-corrected chi connectivity index (χ2v) is 9.09. The van der Waals surface area contributed by atoms with Gasteiger partial charge in [0.05, 0.1) is 4.90 Å². The SMILES string of the molecule is CCCc1noc(-c2ccnc(-n3cnc(C(=O)NCCc4ccc(S(N)(=O)=O)cc4)c3)c2)n1. The molecule has 1 aromatic carbocycles. The molecule has 0 fully saturated rings. The molecule has 0 aliphatic carbocycles. The normalized spacial score (nSPS) is 11.5. The maximum Gasteiger partial charge on any atom is 0.271 e. The number of amides is 1. The number of aryl methyl sites for hydroxylation is 1. The molecule has 0 bridgehead atoms. The number of carbonyl (C=O) groups is 1. The second-order valence-electron chi connectivity index (χ2n) is 7.53. The van der Waals surface area contributed by atoms with Gasteiger partial charge in [0.15, 0.2) is 5.82 Å². The van der Waals surface area contributed by atoms with E-state index in [1.807, 2.05) is 6.92 Å². The Morgan fingerprint density at radius 3 is 2.68 bits per heavy atom. The maximum absolute atomic E-state index is 12.5. The first-order valence-corrected chi connectivity index (χ1v) is 12.1. The Hall–Kier alpha value is -3.90. The highest BCUT2D eigenvalue weighted by Crippen LogP contribution is 2.19. The van der Waals surface area contributed by atoms with E-state index >= 15 is 0 Å². The summed E-state index contributed by atoms with van der Waals surface area (Å²) in [5, 5.41) is 11.9. The van der Waals surface area contributed by atoms with E-state index in [4.69, 9.17) is 9.66 Å². The number of pyridine rings is 1. The van der Waals surface area contributed by atoms with Crippen LogP contribution in [0, 0.1) is 0 Å². The van der Waals surface area contributed by atoms with E-state index in [2.05, 4.69) is 25.4 Å². The Kier molecular flexibility index (Phi) is 6.80. The molecule has 1 amide bonds. The minimum absolute atomic E-state index is 0.0454. The van der Waals surface area contributed by atoms with Crippen LogP contribution in [0.25, 0.3) is 17.3 Å². The number of sulfonamides is 1. The van der Waals surface area contributed by atoms with Crippen molar-refractivity contribution in [1.29, 1.82) is 0 Å². The van der Waals surface area contributed by atoms with Gasteiger partial charge in [-0.15, -0.1) is 0 Å². The fourth-order valence-corrected chi connectivity index (χ4v) is 3.73.